The predicted octanol–water partition coefficient (Wildman–Crippen LogP) is 3.79. The number of methoxy groups -OCH3 is 1. The second-order valence-corrected chi connectivity index (χ2v) is 7.76. The summed E-state index contributed by atoms with van der Waals surface area (Å²) in [4.78, 5) is 25.4. The number of hydrogen-bond acceptors (Lipinski definition) is 8. The molecule has 2 heterocycles. The summed E-state index contributed by atoms with van der Waals surface area (Å²) >= 11 is 1.28. The van der Waals surface area contributed by atoms with E-state index in [-0.39, 0.29) is 23.0 Å². The molecular formula is C22H18N2O5S. The van der Waals surface area contributed by atoms with Crippen LogP contribution in [0.3, 0.4) is 0 Å². The van der Waals surface area contributed by atoms with E-state index in [1.165, 1.54) is 18.4 Å². The lowest BCUT2D eigenvalue weighted by Gasteiger charge is -2.31. The highest BCUT2D eigenvalue weighted by Crippen LogP contribution is 2.45. The lowest BCUT2D eigenvalue weighted by molar-refractivity contribution is -0.116. The number of allylic oxidation sites excluding steroid dienone is 3. The number of nitrogens with two attached hydrogens (primary N) is 1. The second kappa shape index (κ2) is 8.05. The number of carbonyl (C=O) groups excluding carboxylic acids is 2. The Hall–Kier alpha value is -3.57. The average molecular weight is 422 g/mol. The van der Waals surface area contributed by atoms with Crippen LogP contribution >= 0.6 is 11.3 Å². The quantitative estimate of drug-likeness (QED) is 0.589. The Kier molecular flexibility index (Phi) is 5.29. The summed E-state index contributed by atoms with van der Waals surface area (Å²) in [5, 5.41) is 11.5. The number of esters is 1. The number of ether oxygens (including phenoxy) is 3. The van der Waals surface area contributed by atoms with Crippen molar-refractivity contribution in [1.29, 1.82) is 5.26 Å². The molecule has 1 aromatic heterocycles. The van der Waals surface area contributed by atoms with Gasteiger partial charge < -0.3 is 19.9 Å². The molecule has 0 spiro atoms. The molecule has 0 saturated heterocycles. The normalized spacial score (nSPS) is 18.4. The SMILES string of the molecule is COc1cc([C@H]2C(C#N)=C(N)OC3=C2C(=O)CCC3)ccc1OC(=O)c1cccs1. The minimum Gasteiger partial charge on any atom is -0.493 e. The molecule has 152 valence electrons. The average Bonchev–Trinajstić information content (AvgIpc) is 3.28. The third-order valence-electron chi connectivity index (χ3n) is 5.05. The first kappa shape index (κ1) is 19.7. The number of nitriles is 1. The largest absolute Gasteiger partial charge is 0.493 e. The van der Waals surface area contributed by atoms with Crippen molar-refractivity contribution in [3.05, 3.63) is 68.9 Å². The zero-order valence-corrected chi connectivity index (χ0v) is 17.0. The van der Waals surface area contributed by atoms with Gasteiger partial charge in [-0.15, -0.1) is 11.3 Å². The van der Waals surface area contributed by atoms with Crippen molar-refractivity contribution in [1.82, 2.24) is 0 Å². The zero-order valence-electron chi connectivity index (χ0n) is 16.1. The third-order valence-corrected chi connectivity index (χ3v) is 5.90. The van der Waals surface area contributed by atoms with Crippen molar-refractivity contribution < 1.29 is 23.8 Å². The van der Waals surface area contributed by atoms with Crippen molar-refractivity contribution in [2.45, 2.75) is 25.2 Å². The second-order valence-electron chi connectivity index (χ2n) is 6.82. The van der Waals surface area contributed by atoms with Gasteiger partial charge >= 0.3 is 5.97 Å². The van der Waals surface area contributed by atoms with Crippen LogP contribution in [0, 0.1) is 11.3 Å². The first-order valence-electron chi connectivity index (χ1n) is 9.31. The highest BCUT2D eigenvalue weighted by atomic mass is 32.1. The number of hydrogen-bond donors (Lipinski definition) is 1. The Bertz CT molecular complexity index is 1120. The van der Waals surface area contributed by atoms with Crippen molar-refractivity contribution in [2.24, 2.45) is 5.73 Å². The number of benzene rings is 1. The molecule has 1 atom stereocenters. The Balaban J connectivity index is 1.74. The molecule has 2 N–H and O–H groups in total. The topological polar surface area (TPSA) is 112 Å². The lowest BCUT2D eigenvalue weighted by Crippen LogP contribution is -2.27. The van der Waals surface area contributed by atoms with Crippen LogP contribution in [0.4, 0.5) is 0 Å². The molecule has 0 saturated carbocycles. The van der Waals surface area contributed by atoms with E-state index in [2.05, 4.69) is 6.07 Å². The van der Waals surface area contributed by atoms with Gasteiger partial charge in [0, 0.05) is 18.4 Å². The van der Waals surface area contributed by atoms with Crippen molar-refractivity contribution in [3.63, 3.8) is 0 Å². The molecule has 0 amide bonds. The van der Waals surface area contributed by atoms with Crippen LogP contribution in [0.2, 0.25) is 0 Å². The minimum absolute atomic E-state index is 0.00289. The summed E-state index contributed by atoms with van der Waals surface area (Å²) in [6, 6.07) is 10.5. The van der Waals surface area contributed by atoms with Gasteiger partial charge in [-0.1, -0.05) is 12.1 Å². The van der Waals surface area contributed by atoms with Crippen LogP contribution in [0.1, 0.15) is 40.4 Å². The van der Waals surface area contributed by atoms with Crippen molar-refractivity contribution in [2.75, 3.05) is 7.11 Å². The number of ketones is 1. The summed E-state index contributed by atoms with van der Waals surface area (Å²) in [5.41, 5.74) is 7.24. The molecule has 0 fully saturated rings. The Morgan fingerprint density at radius 1 is 1.30 bits per heavy atom. The maximum Gasteiger partial charge on any atom is 0.353 e. The van der Waals surface area contributed by atoms with E-state index in [0.29, 0.717) is 46.8 Å². The van der Waals surface area contributed by atoms with Crippen LogP contribution in [-0.4, -0.2) is 18.9 Å². The van der Waals surface area contributed by atoms with Crippen LogP contribution in [0.25, 0.3) is 0 Å². The summed E-state index contributed by atoms with van der Waals surface area (Å²) < 4.78 is 16.5. The van der Waals surface area contributed by atoms with Gasteiger partial charge in [0.1, 0.15) is 22.3 Å². The van der Waals surface area contributed by atoms with Gasteiger partial charge in [-0.05, 0) is 35.6 Å². The zero-order chi connectivity index (χ0) is 21.3. The maximum atomic E-state index is 12.7. The molecule has 2 aromatic rings. The van der Waals surface area contributed by atoms with Gasteiger partial charge in [0.05, 0.1) is 13.0 Å². The number of rotatable bonds is 4. The standard InChI is InChI=1S/C22H18N2O5S/c1-27-17-10-12(7-8-15(17)29-22(26)18-6-3-9-30-18)19-13(11-23)21(24)28-16-5-2-4-14(25)20(16)19/h3,6-10,19H,2,4-5,24H2,1H3/t19-/m0/s1. The van der Waals surface area contributed by atoms with Gasteiger partial charge in [0.15, 0.2) is 17.3 Å². The maximum absolute atomic E-state index is 12.7. The van der Waals surface area contributed by atoms with Crippen LogP contribution < -0.4 is 15.2 Å². The molecule has 1 aliphatic heterocycles. The van der Waals surface area contributed by atoms with E-state index in [1.54, 1.807) is 35.7 Å². The molecule has 0 radical (unpaired) electrons. The number of carbonyl (C=O) groups is 2. The highest BCUT2D eigenvalue weighted by molar-refractivity contribution is 7.12. The van der Waals surface area contributed by atoms with E-state index in [4.69, 9.17) is 19.9 Å². The number of thiophene rings is 1. The van der Waals surface area contributed by atoms with Gasteiger partial charge in [-0.3, -0.25) is 4.79 Å². The Morgan fingerprint density at radius 3 is 2.83 bits per heavy atom. The van der Waals surface area contributed by atoms with Gasteiger partial charge in [-0.25, -0.2) is 4.79 Å². The van der Waals surface area contributed by atoms with E-state index >= 15 is 0 Å². The summed E-state index contributed by atoms with van der Waals surface area (Å²) in [6.45, 7) is 0. The molecule has 1 aromatic carbocycles. The first-order valence-corrected chi connectivity index (χ1v) is 10.2. The molecule has 4 rings (SSSR count). The fourth-order valence-corrected chi connectivity index (χ4v) is 4.28. The van der Waals surface area contributed by atoms with E-state index in [9.17, 15) is 14.9 Å². The summed E-state index contributed by atoms with van der Waals surface area (Å²) in [5.74, 6) is -0.132. The lowest BCUT2D eigenvalue weighted by atomic mass is 9.77. The highest BCUT2D eigenvalue weighted by Gasteiger charge is 2.38. The fourth-order valence-electron chi connectivity index (χ4n) is 3.68. The van der Waals surface area contributed by atoms with E-state index in [1.807, 2.05) is 0 Å². The molecule has 7 nitrogen and oxygen atoms in total. The summed E-state index contributed by atoms with van der Waals surface area (Å²) in [6.07, 6.45) is 1.66. The Labute approximate surface area is 177 Å². The smallest absolute Gasteiger partial charge is 0.353 e. The van der Waals surface area contributed by atoms with Crippen LogP contribution in [-0.2, 0) is 9.53 Å². The minimum atomic E-state index is -0.650. The van der Waals surface area contributed by atoms with Crippen LogP contribution in [0.15, 0.2) is 58.5 Å². The predicted molar refractivity (Wildman–Crippen MR) is 109 cm³/mol. The molecule has 1 aliphatic carbocycles. The molecule has 2 aliphatic rings. The van der Waals surface area contributed by atoms with E-state index in [0.717, 1.165) is 0 Å². The number of nitrogens with zero attached hydrogens (tertiary/aromatic N) is 1. The van der Waals surface area contributed by atoms with E-state index < -0.39 is 11.9 Å². The third kappa shape index (κ3) is 3.44. The van der Waals surface area contributed by atoms with Gasteiger partial charge in [0.25, 0.3) is 0 Å². The van der Waals surface area contributed by atoms with Crippen molar-refractivity contribution in [3.8, 4) is 17.6 Å². The fraction of sp³-hybridized carbons (Fsp3) is 0.227. The molecule has 0 unspecified atom stereocenters. The van der Waals surface area contributed by atoms with Crippen molar-refractivity contribution >= 4 is 23.1 Å². The summed E-state index contributed by atoms with van der Waals surface area (Å²) in [7, 11) is 1.46. The first-order chi connectivity index (χ1) is 14.5. The van der Waals surface area contributed by atoms with Crippen LogP contribution in [0.5, 0.6) is 11.5 Å². The molecule has 30 heavy (non-hydrogen) atoms. The van der Waals surface area contributed by atoms with Gasteiger partial charge in [0.2, 0.25) is 5.88 Å². The molecule has 0 bridgehead atoms. The Morgan fingerprint density at radius 2 is 2.13 bits per heavy atom. The number of Topliss-reactive ketones (excluding diaryl/α,β-unsaturated/α-hetero) is 1. The van der Waals surface area contributed by atoms with Gasteiger partial charge in [-0.2, -0.15) is 5.26 Å². The molecule has 8 heteroatoms. The monoisotopic (exact) mass is 422 g/mol. The molecular weight excluding hydrogens is 404 g/mol.